The molecule has 1 heterocycles. The van der Waals surface area contributed by atoms with Gasteiger partial charge in [0, 0.05) is 6.54 Å². The Kier molecular flexibility index (Phi) is 5.05. The predicted octanol–water partition coefficient (Wildman–Crippen LogP) is 1.44. The Labute approximate surface area is 127 Å². The van der Waals surface area contributed by atoms with E-state index in [2.05, 4.69) is 25.2 Å². The summed E-state index contributed by atoms with van der Waals surface area (Å²) < 4.78 is 26.9. The zero-order valence-corrected chi connectivity index (χ0v) is 12.8. The van der Waals surface area contributed by atoms with Crippen molar-refractivity contribution < 1.29 is 8.42 Å². The Morgan fingerprint density at radius 2 is 2.10 bits per heavy atom. The fourth-order valence-electron chi connectivity index (χ4n) is 1.60. The Bertz CT molecular complexity index is 709. The average Bonchev–Trinajstić information content (AvgIpc) is 2.47. The molecule has 0 fully saturated rings. The highest BCUT2D eigenvalue weighted by molar-refractivity contribution is 7.92. The second-order valence-corrected chi connectivity index (χ2v) is 6.17. The van der Waals surface area contributed by atoms with Gasteiger partial charge in [-0.3, -0.25) is 0 Å². The number of nitrogens with zero attached hydrogens (tertiary/aromatic N) is 3. The number of benzene rings is 1. The fraction of sp³-hybridized carbons (Fsp3) is 0.250. The van der Waals surface area contributed by atoms with Crippen molar-refractivity contribution in [1.29, 1.82) is 0 Å². The van der Waals surface area contributed by atoms with Crippen LogP contribution in [0.1, 0.15) is 12.5 Å². The van der Waals surface area contributed by atoms with Crippen LogP contribution in [0.5, 0.6) is 0 Å². The molecule has 0 saturated carbocycles. The molecule has 0 aliphatic heterocycles. The van der Waals surface area contributed by atoms with Gasteiger partial charge in [-0.2, -0.15) is 5.10 Å². The van der Waals surface area contributed by atoms with E-state index in [1.54, 1.807) is 12.1 Å². The van der Waals surface area contributed by atoms with Crippen LogP contribution in [0.2, 0.25) is 5.02 Å². The highest BCUT2D eigenvalue weighted by Crippen LogP contribution is 2.24. The Morgan fingerprint density at radius 3 is 2.76 bits per heavy atom. The lowest BCUT2D eigenvalue weighted by Crippen LogP contribution is -2.17. The summed E-state index contributed by atoms with van der Waals surface area (Å²) in [7, 11) is -3.87. The summed E-state index contributed by atoms with van der Waals surface area (Å²) in [4.78, 5) is 3.75. The molecule has 0 saturated heterocycles. The van der Waals surface area contributed by atoms with E-state index in [1.165, 1.54) is 18.5 Å². The molecule has 21 heavy (non-hydrogen) atoms. The van der Waals surface area contributed by atoms with E-state index in [9.17, 15) is 8.42 Å². The lowest BCUT2D eigenvalue weighted by atomic mass is 10.2. The lowest BCUT2D eigenvalue weighted by Gasteiger charge is -2.10. The highest BCUT2D eigenvalue weighted by Gasteiger charge is 2.19. The Morgan fingerprint density at radius 1 is 1.29 bits per heavy atom. The quantitative estimate of drug-likeness (QED) is 0.833. The maximum atomic E-state index is 12.3. The van der Waals surface area contributed by atoms with Gasteiger partial charge in [0.1, 0.15) is 4.90 Å². The van der Waals surface area contributed by atoms with Crippen molar-refractivity contribution in [3.63, 3.8) is 0 Å². The number of anilines is 1. The summed E-state index contributed by atoms with van der Waals surface area (Å²) in [6, 6.07) is 4.83. The molecule has 0 unspecified atom stereocenters. The van der Waals surface area contributed by atoms with E-state index in [0.717, 1.165) is 12.1 Å². The minimum absolute atomic E-state index is 0.0213. The first-order valence-electron chi connectivity index (χ1n) is 6.18. The van der Waals surface area contributed by atoms with Crippen molar-refractivity contribution in [1.82, 2.24) is 20.5 Å². The Hall–Kier alpha value is -1.77. The van der Waals surface area contributed by atoms with Crippen molar-refractivity contribution in [2.75, 3.05) is 11.3 Å². The third-order valence-corrected chi connectivity index (χ3v) is 4.38. The number of aromatic nitrogens is 3. The molecule has 0 aliphatic rings. The van der Waals surface area contributed by atoms with Crippen LogP contribution in [0.4, 0.5) is 5.95 Å². The molecule has 2 rings (SSSR count). The molecule has 1 aromatic carbocycles. The van der Waals surface area contributed by atoms with Crippen LogP contribution in [0.25, 0.3) is 0 Å². The second kappa shape index (κ2) is 6.79. The zero-order valence-electron chi connectivity index (χ0n) is 11.2. The third-order valence-electron chi connectivity index (χ3n) is 2.57. The molecule has 9 heteroatoms. The molecule has 0 spiro atoms. The Balaban J connectivity index is 2.30. The smallest absolute Gasteiger partial charge is 0.265 e. The standard InChI is InChI=1S/C12H14ClN5O2S/c1-2-14-8-9-3-4-10(13)11(7-9)21(19,20)18-12-15-5-6-16-17-12/h3-7,14H,2,8H2,1H3,(H,15,17,18). The molecular weight excluding hydrogens is 314 g/mol. The number of sulfonamides is 1. The summed E-state index contributed by atoms with van der Waals surface area (Å²) in [5.41, 5.74) is 0.814. The number of halogens is 1. The van der Waals surface area contributed by atoms with Gasteiger partial charge < -0.3 is 5.32 Å². The summed E-state index contributed by atoms with van der Waals surface area (Å²) in [5, 5.41) is 10.4. The summed E-state index contributed by atoms with van der Waals surface area (Å²) >= 11 is 5.98. The molecule has 0 radical (unpaired) electrons. The van der Waals surface area contributed by atoms with Crippen LogP contribution in [0, 0.1) is 0 Å². The first-order chi connectivity index (χ1) is 10.0. The van der Waals surface area contributed by atoms with Gasteiger partial charge in [-0.05, 0) is 24.2 Å². The predicted molar refractivity (Wildman–Crippen MR) is 79.5 cm³/mol. The second-order valence-electron chi connectivity index (χ2n) is 4.12. The van der Waals surface area contributed by atoms with Crippen LogP contribution >= 0.6 is 11.6 Å². The largest absolute Gasteiger partial charge is 0.313 e. The molecule has 2 aromatic rings. The molecule has 0 aliphatic carbocycles. The highest BCUT2D eigenvalue weighted by atomic mass is 35.5. The van der Waals surface area contributed by atoms with Crippen molar-refractivity contribution in [2.45, 2.75) is 18.4 Å². The van der Waals surface area contributed by atoms with Crippen LogP contribution in [0.3, 0.4) is 0 Å². The van der Waals surface area contributed by atoms with Gasteiger partial charge >= 0.3 is 0 Å². The fourth-order valence-corrected chi connectivity index (χ4v) is 3.10. The molecule has 0 bridgehead atoms. The van der Waals surface area contributed by atoms with Gasteiger partial charge in [0.2, 0.25) is 0 Å². The number of hydrogen-bond donors (Lipinski definition) is 2. The van der Waals surface area contributed by atoms with Crippen molar-refractivity contribution in [2.24, 2.45) is 0 Å². The molecule has 0 atom stereocenters. The van der Waals surface area contributed by atoms with E-state index in [0.29, 0.717) is 6.54 Å². The molecule has 7 nitrogen and oxygen atoms in total. The van der Waals surface area contributed by atoms with Crippen LogP contribution in [-0.2, 0) is 16.6 Å². The van der Waals surface area contributed by atoms with E-state index in [-0.39, 0.29) is 15.9 Å². The maximum Gasteiger partial charge on any atom is 0.265 e. The summed E-state index contributed by atoms with van der Waals surface area (Å²) in [5.74, 6) is -0.106. The van der Waals surface area contributed by atoms with E-state index >= 15 is 0 Å². The van der Waals surface area contributed by atoms with E-state index in [1.807, 2.05) is 6.92 Å². The van der Waals surface area contributed by atoms with E-state index < -0.39 is 10.0 Å². The normalized spacial score (nSPS) is 11.3. The molecular formula is C12H14ClN5O2S. The molecule has 0 amide bonds. The third kappa shape index (κ3) is 4.10. The van der Waals surface area contributed by atoms with Crippen LogP contribution in [-0.4, -0.2) is 30.1 Å². The molecule has 112 valence electrons. The van der Waals surface area contributed by atoms with Gasteiger partial charge in [-0.25, -0.2) is 18.1 Å². The van der Waals surface area contributed by atoms with Crippen molar-refractivity contribution in [3.05, 3.63) is 41.2 Å². The molecule has 1 aromatic heterocycles. The van der Waals surface area contributed by atoms with Crippen molar-refractivity contribution in [3.8, 4) is 0 Å². The number of rotatable bonds is 6. The molecule has 2 N–H and O–H groups in total. The average molecular weight is 328 g/mol. The maximum absolute atomic E-state index is 12.3. The van der Waals surface area contributed by atoms with Gasteiger partial charge in [-0.1, -0.05) is 24.6 Å². The monoisotopic (exact) mass is 327 g/mol. The lowest BCUT2D eigenvalue weighted by molar-refractivity contribution is 0.600. The van der Waals surface area contributed by atoms with E-state index in [4.69, 9.17) is 11.6 Å². The van der Waals surface area contributed by atoms with Gasteiger partial charge in [0.05, 0.1) is 17.4 Å². The first kappa shape index (κ1) is 15.6. The van der Waals surface area contributed by atoms with Gasteiger partial charge in [0.15, 0.2) is 0 Å². The summed E-state index contributed by atoms with van der Waals surface area (Å²) in [6.45, 7) is 3.31. The number of nitrogens with one attached hydrogen (secondary N) is 2. The van der Waals surface area contributed by atoms with Gasteiger partial charge in [-0.15, -0.1) is 5.10 Å². The topological polar surface area (TPSA) is 96.9 Å². The minimum Gasteiger partial charge on any atom is -0.313 e. The zero-order chi connectivity index (χ0) is 15.3. The first-order valence-corrected chi connectivity index (χ1v) is 8.04. The van der Waals surface area contributed by atoms with Gasteiger partial charge in [0.25, 0.3) is 16.0 Å². The van der Waals surface area contributed by atoms with Crippen LogP contribution in [0.15, 0.2) is 35.5 Å². The van der Waals surface area contributed by atoms with Crippen molar-refractivity contribution >= 4 is 27.6 Å². The minimum atomic E-state index is -3.87. The number of hydrogen-bond acceptors (Lipinski definition) is 6. The SMILES string of the molecule is CCNCc1ccc(Cl)c(S(=O)(=O)Nc2nccnn2)c1. The summed E-state index contributed by atoms with van der Waals surface area (Å²) in [6.07, 6.45) is 2.69. The van der Waals surface area contributed by atoms with Crippen LogP contribution < -0.4 is 10.0 Å².